The van der Waals surface area contributed by atoms with Crippen molar-refractivity contribution in [2.75, 3.05) is 37.7 Å². The molecule has 31 heavy (non-hydrogen) atoms. The quantitative estimate of drug-likeness (QED) is 0.543. The molecule has 1 aliphatic heterocycles. The zero-order valence-corrected chi connectivity index (χ0v) is 19.2. The van der Waals surface area contributed by atoms with E-state index in [0.29, 0.717) is 19.1 Å². The van der Waals surface area contributed by atoms with Crippen LogP contribution in [-0.2, 0) is 6.42 Å². The highest BCUT2D eigenvalue weighted by Gasteiger charge is 2.25. The van der Waals surface area contributed by atoms with Gasteiger partial charge in [-0.2, -0.15) is 11.8 Å². The second kappa shape index (κ2) is 9.45. The third kappa shape index (κ3) is 4.75. The lowest BCUT2D eigenvalue weighted by molar-refractivity contribution is 0.0715. The molecule has 2 aromatic carbocycles. The number of thioether (sulfide) groups is 1. The lowest BCUT2D eigenvalue weighted by Gasteiger charge is -2.28. The Labute approximate surface area is 192 Å². The number of ether oxygens (including phenoxy) is 1. The molecule has 2 unspecified atom stereocenters. The first-order valence-corrected chi connectivity index (χ1v) is 12.7. The Morgan fingerprint density at radius 1 is 1.16 bits per heavy atom. The molecule has 0 spiro atoms. The number of H-pyrrole nitrogens is 1. The van der Waals surface area contributed by atoms with E-state index >= 15 is 0 Å². The first-order valence-electron chi connectivity index (χ1n) is 11.2. The van der Waals surface area contributed by atoms with E-state index in [-0.39, 0.29) is 0 Å². The number of hydrogen-bond acceptors (Lipinski definition) is 4. The van der Waals surface area contributed by atoms with E-state index in [9.17, 15) is 5.11 Å². The average molecular weight is 457 g/mol. The number of aliphatic hydroxyl groups is 1. The topological polar surface area (TPSA) is 48.5 Å². The van der Waals surface area contributed by atoms with Crippen LogP contribution in [0.25, 0.3) is 10.9 Å². The maximum absolute atomic E-state index is 10.3. The maximum atomic E-state index is 10.3. The Morgan fingerprint density at radius 3 is 2.77 bits per heavy atom. The average Bonchev–Trinajstić information content (AvgIpc) is 3.17. The van der Waals surface area contributed by atoms with Gasteiger partial charge in [0.2, 0.25) is 0 Å². The minimum absolute atomic E-state index is 0.333. The molecule has 164 valence electrons. The van der Waals surface area contributed by atoms with Gasteiger partial charge in [0.05, 0.1) is 0 Å². The molecule has 5 rings (SSSR count). The summed E-state index contributed by atoms with van der Waals surface area (Å²) < 4.78 is 5.88. The van der Waals surface area contributed by atoms with Crippen LogP contribution in [0.3, 0.4) is 0 Å². The summed E-state index contributed by atoms with van der Waals surface area (Å²) in [6.07, 6.45) is 2.96. The van der Waals surface area contributed by atoms with Crippen molar-refractivity contribution in [2.24, 2.45) is 0 Å². The molecule has 1 aliphatic carbocycles. The van der Waals surface area contributed by atoms with E-state index in [1.165, 1.54) is 34.1 Å². The number of rotatable bonds is 6. The fraction of sp³-hybridized carbons (Fsp3) is 0.440. The van der Waals surface area contributed by atoms with E-state index in [1.54, 1.807) is 0 Å². The summed E-state index contributed by atoms with van der Waals surface area (Å²) >= 11 is 8.23. The van der Waals surface area contributed by atoms with Crippen molar-refractivity contribution in [3.05, 3.63) is 64.3 Å². The Hall–Kier alpha value is -1.66. The number of nitrogens with zero attached hydrogens (tertiary/aromatic N) is 1. The van der Waals surface area contributed by atoms with Gasteiger partial charge >= 0.3 is 0 Å². The Bertz CT molecular complexity index is 1030. The third-order valence-electron chi connectivity index (χ3n) is 6.47. The third-order valence-corrected chi connectivity index (χ3v) is 7.64. The molecule has 6 heteroatoms. The van der Waals surface area contributed by atoms with Crippen LogP contribution in [0.15, 0.2) is 42.5 Å². The minimum atomic E-state index is -0.457. The largest absolute Gasteiger partial charge is 0.491 e. The zero-order chi connectivity index (χ0) is 21.2. The number of halogens is 1. The fourth-order valence-corrected chi connectivity index (χ4v) is 6.04. The van der Waals surface area contributed by atoms with Crippen LogP contribution in [0.1, 0.15) is 35.6 Å². The molecule has 2 heterocycles. The molecule has 1 saturated heterocycles. The lowest BCUT2D eigenvalue weighted by atomic mass is 9.82. The maximum Gasteiger partial charge on any atom is 0.119 e. The Morgan fingerprint density at radius 2 is 1.97 bits per heavy atom. The summed E-state index contributed by atoms with van der Waals surface area (Å²) in [6.45, 7) is 3.13. The van der Waals surface area contributed by atoms with Gasteiger partial charge in [-0.05, 0) is 60.7 Å². The van der Waals surface area contributed by atoms with Gasteiger partial charge in [-0.25, -0.2) is 0 Å². The highest BCUT2D eigenvalue weighted by Crippen LogP contribution is 2.40. The number of β-amino-alcohol motifs (C(OH)–C–C–N with tert-alkyl or cyclic N) is 1. The van der Waals surface area contributed by atoms with Crippen LogP contribution in [0.4, 0.5) is 0 Å². The van der Waals surface area contributed by atoms with E-state index in [0.717, 1.165) is 48.2 Å². The van der Waals surface area contributed by atoms with Crippen LogP contribution < -0.4 is 4.74 Å². The highest BCUT2D eigenvalue weighted by atomic mass is 35.5. The highest BCUT2D eigenvalue weighted by molar-refractivity contribution is 7.99. The van der Waals surface area contributed by atoms with Crippen molar-refractivity contribution in [3.63, 3.8) is 0 Å². The van der Waals surface area contributed by atoms with Crippen molar-refractivity contribution in [2.45, 2.75) is 31.3 Å². The summed E-state index contributed by atoms with van der Waals surface area (Å²) in [5.41, 5.74) is 5.21. The SMILES string of the molecule is OC(COc1ccc(C2CCCc3c2[nH]c2ccc(Cl)cc32)cc1)CN1CCSCC1. The molecule has 0 radical (unpaired) electrons. The Balaban J connectivity index is 1.25. The molecule has 0 bridgehead atoms. The molecule has 1 aromatic heterocycles. The van der Waals surface area contributed by atoms with Gasteiger partial charge < -0.3 is 14.8 Å². The van der Waals surface area contributed by atoms with Gasteiger partial charge in [-0.15, -0.1) is 0 Å². The van der Waals surface area contributed by atoms with Gasteiger partial charge in [0.25, 0.3) is 0 Å². The van der Waals surface area contributed by atoms with Crippen molar-refractivity contribution in [1.82, 2.24) is 9.88 Å². The number of fused-ring (bicyclic) bond motifs is 3. The second-order valence-corrected chi connectivity index (χ2v) is 10.3. The number of hydrogen-bond donors (Lipinski definition) is 2. The summed E-state index contributed by atoms with van der Waals surface area (Å²) in [5.74, 6) is 3.49. The Kier molecular flexibility index (Phi) is 6.46. The van der Waals surface area contributed by atoms with E-state index in [4.69, 9.17) is 16.3 Å². The van der Waals surface area contributed by atoms with Crippen LogP contribution >= 0.6 is 23.4 Å². The number of aromatic amines is 1. The van der Waals surface area contributed by atoms with Crippen LogP contribution in [0, 0.1) is 0 Å². The molecule has 1 fully saturated rings. The minimum Gasteiger partial charge on any atom is -0.491 e. The monoisotopic (exact) mass is 456 g/mol. The van der Waals surface area contributed by atoms with Gasteiger partial charge in [-0.3, -0.25) is 4.90 Å². The van der Waals surface area contributed by atoms with Crippen molar-refractivity contribution >= 4 is 34.3 Å². The lowest BCUT2D eigenvalue weighted by Crippen LogP contribution is -2.40. The number of benzene rings is 2. The van der Waals surface area contributed by atoms with Crippen LogP contribution in [-0.4, -0.2) is 58.8 Å². The van der Waals surface area contributed by atoms with Crippen LogP contribution in [0.2, 0.25) is 5.02 Å². The normalized spacial score (nSPS) is 20.5. The molecule has 4 nitrogen and oxygen atoms in total. The first-order chi connectivity index (χ1) is 15.2. The van der Waals surface area contributed by atoms with Crippen LogP contribution in [0.5, 0.6) is 5.75 Å². The molecule has 0 amide bonds. The molecule has 3 aromatic rings. The molecule has 0 saturated carbocycles. The fourth-order valence-electron chi connectivity index (χ4n) is 4.89. The van der Waals surface area contributed by atoms with E-state index < -0.39 is 6.10 Å². The predicted molar refractivity (Wildman–Crippen MR) is 130 cm³/mol. The summed E-state index contributed by atoms with van der Waals surface area (Å²) in [5, 5.41) is 12.4. The summed E-state index contributed by atoms with van der Waals surface area (Å²) in [6, 6.07) is 14.5. The van der Waals surface area contributed by atoms with E-state index in [2.05, 4.69) is 34.1 Å². The van der Waals surface area contributed by atoms with Crippen molar-refractivity contribution < 1.29 is 9.84 Å². The molecule has 2 atom stereocenters. The zero-order valence-electron chi connectivity index (χ0n) is 17.6. The molecular weight excluding hydrogens is 428 g/mol. The number of aliphatic hydroxyl groups excluding tert-OH is 1. The van der Waals surface area contributed by atoms with Crippen molar-refractivity contribution in [3.8, 4) is 5.75 Å². The second-order valence-electron chi connectivity index (χ2n) is 8.60. The van der Waals surface area contributed by atoms with E-state index in [1.807, 2.05) is 30.0 Å². The van der Waals surface area contributed by atoms with Gasteiger partial charge in [0, 0.05) is 58.7 Å². The summed E-state index contributed by atoms with van der Waals surface area (Å²) in [4.78, 5) is 5.98. The predicted octanol–water partition coefficient (Wildman–Crippen LogP) is 5.08. The standard InChI is InChI=1S/C25H29ClN2O2S/c26-18-6-9-24-23(14-18)22-3-1-2-21(25(22)27-24)17-4-7-20(8-5-17)30-16-19(29)15-28-10-12-31-13-11-28/h4-9,14,19,21,27,29H,1-3,10-13,15-16H2. The van der Waals surface area contributed by atoms with Gasteiger partial charge in [0.1, 0.15) is 18.5 Å². The molecule has 2 N–H and O–H groups in total. The van der Waals surface area contributed by atoms with Gasteiger partial charge in [-0.1, -0.05) is 23.7 Å². The number of aryl methyl sites for hydroxylation is 1. The molecular formula is C25H29ClN2O2S. The first kappa shape index (κ1) is 21.2. The number of nitrogens with one attached hydrogen (secondary N) is 1. The molecule has 2 aliphatic rings. The van der Waals surface area contributed by atoms with Gasteiger partial charge in [0.15, 0.2) is 0 Å². The summed E-state index contributed by atoms with van der Waals surface area (Å²) in [7, 11) is 0. The van der Waals surface area contributed by atoms with Crippen molar-refractivity contribution in [1.29, 1.82) is 0 Å². The smallest absolute Gasteiger partial charge is 0.119 e. The number of aromatic nitrogens is 1.